The van der Waals surface area contributed by atoms with Gasteiger partial charge in [0.25, 0.3) is 5.69 Å². The number of rotatable bonds is 8. The molecule has 0 amide bonds. The number of carbonyl (C=O) groups excluding carboxylic acids is 1. The summed E-state index contributed by atoms with van der Waals surface area (Å²) in [6, 6.07) is 13.9. The highest BCUT2D eigenvalue weighted by Crippen LogP contribution is 2.27. The van der Waals surface area contributed by atoms with Crippen molar-refractivity contribution in [1.82, 2.24) is 9.99 Å². The molecule has 3 aromatic rings. The number of esters is 1. The van der Waals surface area contributed by atoms with E-state index in [1.54, 1.807) is 19.2 Å². The fourth-order valence-electron chi connectivity index (χ4n) is 3.40. The Morgan fingerprint density at radius 3 is 2.69 bits per heavy atom. The number of benzene rings is 2. The molecule has 0 spiro atoms. The summed E-state index contributed by atoms with van der Waals surface area (Å²) in [7, 11) is 0. The first kappa shape index (κ1) is 23.0. The molecule has 0 radical (unpaired) electrons. The number of halogens is 1. The van der Waals surface area contributed by atoms with E-state index in [1.807, 2.05) is 48.7 Å². The van der Waals surface area contributed by atoms with E-state index in [4.69, 9.17) is 16.3 Å². The lowest BCUT2D eigenvalue weighted by atomic mass is 10.1. The lowest BCUT2D eigenvalue weighted by Gasteiger charge is -2.11. The predicted molar refractivity (Wildman–Crippen MR) is 124 cm³/mol. The molecule has 0 aliphatic heterocycles. The molecule has 32 heavy (non-hydrogen) atoms. The Labute approximate surface area is 190 Å². The molecule has 3 rings (SSSR count). The fourth-order valence-corrected chi connectivity index (χ4v) is 3.60. The van der Waals surface area contributed by atoms with Crippen molar-refractivity contribution in [2.75, 3.05) is 6.61 Å². The smallest absolute Gasteiger partial charge is 0.345 e. The van der Waals surface area contributed by atoms with Crippen molar-refractivity contribution in [3.05, 3.63) is 91.7 Å². The summed E-state index contributed by atoms with van der Waals surface area (Å²) in [6.45, 7) is 6.06. The first-order valence-electron chi connectivity index (χ1n) is 9.97. The molecule has 0 unspecified atom stereocenters. The predicted octanol–water partition coefficient (Wildman–Crippen LogP) is 4.96. The average Bonchev–Trinajstić information content (AvgIpc) is 3.05. The first-order chi connectivity index (χ1) is 15.3. The Balaban J connectivity index is 1.85. The van der Waals surface area contributed by atoms with Crippen molar-refractivity contribution in [3.63, 3.8) is 0 Å². The molecule has 9 heteroatoms. The zero-order valence-corrected chi connectivity index (χ0v) is 18.7. The van der Waals surface area contributed by atoms with Crippen LogP contribution in [0.4, 0.5) is 5.69 Å². The highest BCUT2D eigenvalue weighted by molar-refractivity contribution is 6.31. The van der Waals surface area contributed by atoms with Crippen molar-refractivity contribution in [1.29, 1.82) is 0 Å². The monoisotopic (exact) mass is 454 g/mol. The Hall–Kier alpha value is -3.65. The number of hydrazone groups is 1. The molecule has 0 aliphatic carbocycles. The number of nitro benzene ring substituents is 1. The van der Waals surface area contributed by atoms with Crippen LogP contribution >= 0.6 is 11.6 Å². The Bertz CT molecular complexity index is 1190. The number of hydrogen-bond donors (Lipinski definition) is 1. The molecule has 0 aliphatic rings. The molecule has 8 nitrogen and oxygen atoms in total. The summed E-state index contributed by atoms with van der Waals surface area (Å²) in [5.41, 5.74) is 6.68. The van der Waals surface area contributed by atoms with E-state index in [1.165, 1.54) is 12.1 Å². The third kappa shape index (κ3) is 4.97. The van der Waals surface area contributed by atoms with Gasteiger partial charge in [-0.2, -0.15) is 5.10 Å². The van der Waals surface area contributed by atoms with Gasteiger partial charge in [0.1, 0.15) is 5.56 Å². The Morgan fingerprint density at radius 2 is 2.00 bits per heavy atom. The second kappa shape index (κ2) is 10.1. The standard InChI is InChI=1S/C23H23ClN4O4/c1-4-32-23(29)20-10-9-19(12-22(20)28(30)31)27-15(2)11-18(16(27)3)14-26-25-13-17-7-5-6-8-21(17)24/h5-12,14,25H,4,13H2,1-3H3/b26-14-. The van der Waals surface area contributed by atoms with E-state index in [-0.39, 0.29) is 17.9 Å². The maximum Gasteiger partial charge on any atom is 0.345 e. The Morgan fingerprint density at radius 1 is 1.25 bits per heavy atom. The lowest BCUT2D eigenvalue weighted by molar-refractivity contribution is -0.385. The number of aromatic nitrogens is 1. The molecular formula is C23H23ClN4O4. The minimum Gasteiger partial charge on any atom is -0.462 e. The van der Waals surface area contributed by atoms with Crippen molar-refractivity contribution in [2.45, 2.75) is 27.3 Å². The van der Waals surface area contributed by atoms with Crippen LogP contribution in [0.5, 0.6) is 0 Å². The van der Waals surface area contributed by atoms with E-state index in [9.17, 15) is 14.9 Å². The second-order valence-electron chi connectivity index (χ2n) is 7.03. The summed E-state index contributed by atoms with van der Waals surface area (Å²) < 4.78 is 6.80. The van der Waals surface area contributed by atoms with Gasteiger partial charge in [-0.25, -0.2) is 4.79 Å². The quantitative estimate of drug-likeness (QED) is 0.224. The van der Waals surface area contributed by atoms with Crippen LogP contribution in [0.15, 0.2) is 53.6 Å². The molecule has 0 atom stereocenters. The number of aryl methyl sites for hydroxylation is 1. The first-order valence-corrected chi connectivity index (χ1v) is 10.4. The molecule has 1 heterocycles. The summed E-state index contributed by atoms with van der Waals surface area (Å²) >= 11 is 6.15. The van der Waals surface area contributed by atoms with Gasteiger partial charge in [-0.05, 0) is 50.6 Å². The van der Waals surface area contributed by atoms with Crippen LogP contribution in [-0.4, -0.2) is 28.3 Å². The van der Waals surface area contributed by atoms with Gasteiger partial charge in [-0.15, -0.1) is 0 Å². The molecule has 0 saturated heterocycles. The molecule has 166 valence electrons. The van der Waals surface area contributed by atoms with E-state index in [0.29, 0.717) is 17.3 Å². The molecule has 0 bridgehead atoms. The van der Waals surface area contributed by atoms with Crippen LogP contribution < -0.4 is 5.43 Å². The van der Waals surface area contributed by atoms with E-state index < -0.39 is 10.9 Å². The highest BCUT2D eigenvalue weighted by Gasteiger charge is 2.23. The largest absolute Gasteiger partial charge is 0.462 e. The molecule has 2 aromatic carbocycles. The lowest BCUT2D eigenvalue weighted by Crippen LogP contribution is -2.09. The number of nitrogens with one attached hydrogen (secondary N) is 1. The minimum absolute atomic E-state index is 0.0754. The SMILES string of the molecule is CCOC(=O)c1ccc(-n2c(C)cc(/C=N\NCc3ccccc3Cl)c2C)cc1[N+](=O)[O-]. The molecule has 0 fully saturated rings. The third-order valence-electron chi connectivity index (χ3n) is 4.92. The van der Waals surface area contributed by atoms with Crippen molar-refractivity contribution >= 4 is 29.5 Å². The van der Waals surface area contributed by atoms with E-state index in [2.05, 4.69) is 10.5 Å². The highest BCUT2D eigenvalue weighted by atomic mass is 35.5. The minimum atomic E-state index is -0.718. The normalized spacial score (nSPS) is 11.0. The van der Waals surface area contributed by atoms with Crippen molar-refractivity contribution in [2.24, 2.45) is 5.10 Å². The van der Waals surface area contributed by atoms with Crippen LogP contribution in [0.2, 0.25) is 5.02 Å². The van der Waals surface area contributed by atoms with Crippen LogP contribution in [0.3, 0.4) is 0 Å². The van der Waals surface area contributed by atoms with Gasteiger partial charge >= 0.3 is 5.97 Å². The maximum absolute atomic E-state index is 12.1. The second-order valence-corrected chi connectivity index (χ2v) is 7.43. The van der Waals surface area contributed by atoms with Gasteiger partial charge in [-0.1, -0.05) is 29.8 Å². The number of hydrogen-bond acceptors (Lipinski definition) is 6. The van der Waals surface area contributed by atoms with Crippen molar-refractivity contribution in [3.8, 4) is 5.69 Å². The van der Waals surface area contributed by atoms with Gasteiger partial charge < -0.3 is 14.7 Å². The van der Waals surface area contributed by atoms with Gasteiger partial charge in [0.15, 0.2) is 0 Å². The molecule has 0 saturated carbocycles. The van der Waals surface area contributed by atoms with Crippen LogP contribution in [0.25, 0.3) is 5.69 Å². The summed E-state index contributed by atoms with van der Waals surface area (Å²) in [5, 5.41) is 16.5. The van der Waals surface area contributed by atoms with Gasteiger partial charge in [0.2, 0.25) is 0 Å². The van der Waals surface area contributed by atoms with Crippen LogP contribution in [-0.2, 0) is 11.3 Å². The summed E-state index contributed by atoms with van der Waals surface area (Å²) in [4.78, 5) is 23.0. The number of nitrogens with zero attached hydrogens (tertiary/aromatic N) is 3. The topological polar surface area (TPSA) is 98.8 Å². The van der Waals surface area contributed by atoms with E-state index >= 15 is 0 Å². The molecule has 1 aromatic heterocycles. The number of nitro groups is 1. The number of carbonyl (C=O) groups is 1. The van der Waals surface area contributed by atoms with Crippen LogP contribution in [0.1, 0.15) is 39.8 Å². The van der Waals surface area contributed by atoms with Crippen molar-refractivity contribution < 1.29 is 14.5 Å². The zero-order valence-electron chi connectivity index (χ0n) is 18.0. The fraction of sp³-hybridized carbons (Fsp3) is 0.217. The average molecular weight is 455 g/mol. The molecular weight excluding hydrogens is 432 g/mol. The molecule has 1 N–H and O–H groups in total. The van der Waals surface area contributed by atoms with Gasteiger partial charge in [0, 0.05) is 28.0 Å². The van der Waals surface area contributed by atoms with Gasteiger partial charge in [-0.3, -0.25) is 10.1 Å². The summed E-state index contributed by atoms with van der Waals surface area (Å²) in [5.74, 6) is -0.718. The van der Waals surface area contributed by atoms with Gasteiger partial charge in [0.05, 0.1) is 30.0 Å². The number of ether oxygens (including phenoxy) is 1. The Kier molecular flexibility index (Phi) is 7.27. The summed E-state index contributed by atoms with van der Waals surface area (Å²) in [6.07, 6.45) is 1.69. The van der Waals surface area contributed by atoms with Crippen LogP contribution in [0, 0.1) is 24.0 Å². The maximum atomic E-state index is 12.1. The zero-order chi connectivity index (χ0) is 23.3. The third-order valence-corrected chi connectivity index (χ3v) is 5.29. The van der Waals surface area contributed by atoms with E-state index in [0.717, 1.165) is 22.5 Å².